The Morgan fingerprint density at radius 3 is 2.61 bits per heavy atom. The number of para-hydroxylation sites is 2. The molecular formula is C25H35N5O3. The summed E-state index contributed by atoms with van der Waals surface area (Å²) in [4.78, 5) is 36.3. The summed E-state index contributed by atoms with van der Waals surface area (Å²) >= 11 is 0. The zero-order valence-corrected chi connectivity index (χ0v) is 19.6. The van der Waals surface area contributed by atoms with Crippen LogP contribution in [0.5, 0.6) is 0 Å². The van der Waals surface area contributed by atoms with Crippen molar-refractivity contribution in [3.63, 3.8) is 0 Å². The van der Waals surface area contributed by atoms with Crippen LogP contribution in [0.25, 0.3) is 11.0 Å². The van der Waals surface area contributed by atoms with Crippen molar-refractivity contribution >= 4 is 22.8 Å². The molecule has 5 rings (SSSR count). The summed E-state index contributed by atoms with van der Waals surface area (Å²) in [6.07, 6.45) is 6.80. The Morgan fingerprint density at radius 1 is 1.12 bits per heavy atom. The molecule has 3 heterocycles. The van der Waals surface area contributed by atoms with Crippen LogP contribution in [-0.2, 0) is 16.1 Å². The molecule has 1 atom stereocenters. The number of rotatable bonds is 5. The predicted molar refractivity (Wildman–Crippen MR) is 126 cm³/mol. The van der Waals surface area contributed by atoms with Crippen molar-refractivity contribution in [2.45, 2.75) is 63.6 Å². The monoisotopic (exact) mass is 453 g/mol. The van der Waals surface area contributed by atoms with Crippen molar-refractivity contribution in [2.24, 2.45) is 0 Å². The summed E-state index contributed by atoms with van der Waals surface area (Å²) in [5.41, 5.74) is 0.733. The van der Waals surface area contributed by atoms with E-state index >= 15 is 0 Å². The second-order valence-electron chi connectivity index (χ2n) is 9.86. The van der Waals surface area contributed by atoms with Gasteiger partial charge in [-0.2, -0.15) is 0 Å². The molecule has 1 aliphatic carbocycles. The van der Waals surface area contributed by atoms with E-state index in [9.17, 15) is 9.59 Å². The maximum atomic E-state index is 13.8. The highest BCUT2D eigenvalue weighted by Crippen LogP contribution is 2.31. The molecular weight excluding hydrogens is 418 g/mol. The molecule has 2 aromatic rings. The van der Waals surface area contributed by atoms with Crippen LogP contribution in [0, 0.1) is 0 Å². The number of fused-ring (bicyclic) bond motifs is 3. The van der Waals surface area contributed by atoms with E-state index in [0.29, 0.717) is 32.1 Å². The van der Waals surface area contributed by atoms with Crippen LogP contribution < -0.4 is 5.32 Å². The van der Waals surface area contributed by atoms with Crippen molar-refractivity contribution in [1.82, 2.24) is 24.7 Å². The number of morpholine rings is 1. The molecule has 1 N–H and O–H groups in total. The van der Waals surface area contributed by atoms with Gasteiger partial charge in [-0.25, -0.2) is 4.98 Å². The minimum absolute atomic E-state index is 0.0480. The third-order valence-corrected chi connectivity index (χ3v) is 7.58. The van der Waals surface area contributed by atoms with Crippen LogP contribution >= 0.6 is 0 Å². The number of imidazole rings is 1. The highest BCUT2D eigenvalue weighted by Gasteiger charge is 2.48. The average Bonchev–Trinajstić information content (AvgIpc) is 3.00. The van der Waals surface area contributed by atoms with Crippen molar-refractivity contribution in [1.29, 1.82) is 0 Å². The first-order valence-electron chi connectivity index (χ1n) is 12.4. The zero-order chi connectivity index (χ0) is 22.8. The van der Waals surface area contributed by atoms with Gasteiger partial charge < -0.3 is 19.5 Å². The predicted octanol–water partition coefficient (Wildman–Crippen LogP) is 2.42. The lowest BCUT2D eigenvalue weighted by Gasteiger charge is -2.45. The maximum Gasteiger partial charge on any atom is 0.290 e. The van der Waals surface area contributed by atoms with Crippen LogP contribution in [0.4, 0.5) is 0 Å². The van der Waals surface area contributed by atoms with E-state index in [1.807, 2.05) is 35.8 Å². The number of nitrogens with zero attached hydrogens (tertiary/aromatic N) is 4. The summed E-state index contributed by atoms with van der Waals surface area (Å²) in [7, 11) is 0. The molecule has 3 aliphatic rings. The fourth-order valence-electron chi connectivity index (χ4n) is 5.51. The molecule has 2 fully saturated rings. The number of aromatic nitrogens is 2. The van der Waals surface area contributed by atoms with Crippen LogP contribution in [0.2, 0.25) is 0 Å². The number of ether oxygens (including phenoxy) is 1. The van der Waals surface area contributed by atoms with Gasteiger partial charge in [0.2, 0.25) is 5.91 Å². The lowest BCUT2D eigenvalue weighted by molar-refractivity contribution is -0.133. The highest BCUT2D eigenvalue weighted by molar-refractivity contribution is 6.01. The molecule has 33 heavy (non-hydrogen) atoms. The van der Waals surface area contributed by atoms with Crippen LogP contribution in [0.1, 0.15) is 56.1 Å². The summed E-state index contributed by atoms with van der Waals surface area (Å²) in [5.74, 6) is 0.218. The first-order valence-corrected chi connectivity index (χ1v) is 12.4. The Balaban J connectivity index is 1.44. The van der Waals surface area contributed by atoms with Crippen LogP contribution in [0.3, 0.4) is 0 Å². The van der Waals surface area contributed by atoms with Crippen molar-refractivity contribution < 1.29 is 14.3 Å². The molecule has 0 spiro atoms. The van der Waals surface area contributed by atoms with Crippen LogP contribution in [0.15, 0.2) is 24.3 Å². The second-order valence-corrected chi connectivity index (χ2v) is 9.86. The van der Waals surface area contributed by atoms with E-state index < -0.39 is 5.54 Å². The Hall–Kier alpha value is -2.45. The minimum Gasteiger partial charge on any atom is -0.379 e. The minimum atomic E-state index is -0.966. The van der Waals surface area contributed by atoms with Gasteiger partial charge in [0.05, 0.1) is 30.8 Å². The highest BCUT2D eigenvalue weighted by atomic mass is 16.5. The Labute approximate surface area is 195 Å². The molecule has 1 aromatic heterocycles. The van der Waals surface area contributed by atoms with Crippen molar-refractivity contribution in [3.05, 3.63) is 30.1 Å². The number of benzene rings is 1. The lowest BCUT2D eigenvalue weighted by Crippen LogP contribution is -2.66. The molecule has 0 unspecified atom stereocenters. The van der Waals surface area contributed by atoms with Gasteiger partial charge in [0.1, 0.15) is 5.54 Å². The van der Waals surface area contributed by atoms with Gasteiger partial charge in [0, 0.05) is 32.2 Å². The molecule has 178 valence electrons. The fraction of sp³-hybridized carbons (Fsp3) is 0.640. The van der Waals surface area contributed by atoms with Gasteiger partial charge >= 0.3 is 0 Å². The molecule has 1 saturated heterocycles. The average molecular weight is 454 g/mol. The van der Waals surface area contributed by atoms with Crippen molar-refractivity contribution in [2.75, 3.05) is 39.4 Å². The zero-order valence-electron chi connectivity index (χ0n) is 19.6. The third kappa shape index (κ3) is 4.38. The molecule has 2 amide bonds. The van der Waals surface area contributed by atoms with E-state index in [1.54, 1.807) is 4.90 Å². The normalized spacial score (nSPS) is 25.1. The topological polar surface area (TPSA) is 79.7 Å². The molecule has 1 aromatic carbocycles. The summed E-state index contributed by atoms with van der Waals surface area (Å²) in [5, 5.41) is 3.33. The van der Waals surface area contributed by atoms with E-state index in [1.165, 1.54) is 12.8 Å². The number of carbonyl (C=O) groups is 2. The summed E-state index contributed by atoms with van der Waals surface area (Å²) in [6.45, 7) is 6.69. The van der Waals surface area contributed by atoms with Gasteiger partial charge in [0.25, 0.3) is 5.91 Å². The summed E-state index contributed by atoms with van der Waals surface area (Å²) < 4.78 is 7.41. The largest absolute Gasteiger partial charge is 0.379 e. The molecule has 0 bridgehead atoms. The van der Waals surface area contributed by atoms with E-state index in [0.717, 1.165) is 56.4 Å². The van der Waals surface area contributed by atoms with Crippen molar-refractivity contribution in [3.8, 4) is 0 Å². The van der Waals surface area contributed by atoms with Crippen LogP contribution in [-0.4, -0.2) is 82.1 Å². The third-order valence-electron chi connectivity index (χ3n) is 7.58. The summed E-state index contributed by atoms with van der Waals surface area (Å²) in [6, 6.07) is 7.98. The number of hydrogen-bond donors (Lipinski definition) is 1. The van der Waals surface area contributed by atoms with Gasteiger partial charge in [-0.15, -0.1) is 0 Å². The quantitative estimate of drug-likeness (QED) is 0.704. The number of hydrogen-bond acceptors (Lipinski definition) is 5. The lowest BCUT2D eigenvalue weighted by atomic mass is 9.94. The Kier molecular flexibility index (Phi) is 6.38. The van der Waals surface area contributed by atoms with Gasteiger partial charge in [-0.1, -0.05) is 37.8 Å². The molecule has 8 nitrogen and oxygen atoms in total. The molecule has 0 radical (unpaired) electrons. The smallest absolute Gasteiger partial charge is 0.290 e. The van der Waals surface area contributed by atoms with Gasteiger partial charge in [0.15, 0.2) is 5.82 Å². The van der Waals surface area contributed by atoms with E-state index in [4.69, 9.17) is 4.74 Å². The first-order chi connectivity index (χ1) is 16.1. The maximum absolute atomic E-state index is 13.8. The van der Waals surface area contributed by atoms with E-state index in [2.05, 4.69) is 15.2 Å². The number of carbonyl (C=O) groups excluding carboxylic acids is 2. The number of nitrogens with one attached hydrogen (secondary N) is 1. The fourth-order valence-corrected chi connectivity index (χ4v) is 5.51. The second kappa shape index (κ2) is 9.43. The molecule has 8 heteroatoms. The molecule has 1 saturated carbocycles. The SMILES string of the molecule is C[C@]1(C(=O)NC2CCCCCC2)Cn2c(nc3ccccc32)C(=O)N1CCN1CCOCC1. The first kappa shape index (κ1) is 22.3. The standard InChI is InChI=1S/C25H35N5O3/c1-25(24(32)26-19-8-4-2-3-5-9-19)18-29-21-11-7-6-10-20(21)27-22(29)23(31)30(25)13-12-28-14-16-33-17-15-28/h6-7,10-11,19H,2-5,8-9,12-18H2,1H3,(H,26,32)/t25-/m1/s1. The Bertz CT molecular complexity index is 1010. The van der Waals surface area contributed by atoms with Gasteiger partial charge in [-0.05, 0) is 31.9 Å². The van der Waals surface area contributed by atoms with Gasteiger partial charge in [-0.3, -0.25) is 14.5 Å². The molecule has 2 aliphatic heterocycles. The number of amides is 2. The van der Waals surface area contributed by atoms with E-state index in [-0.39, 0.29) is 17.9 Å². The Morgan fingerprint density at radius 2 is 1.85 bits per heavy atom.